The molecular weight excluding hydrogens is 439 g/mol. The van der Waals surface area contributed by atoms with Gasteiger partial charge in [0.05, 0.1) is 6.10 Å². The number of carboxylic acid groups (broad SMARTS) is 1. The fraction of sp³-hybridized carbons (Fsp3) is 0.476. The van der Waals surface area contributed by atoms with Gasteiger partial charge in [-0.2, -0.15) is 0 Å². The van der Waals surface area contributed by atoms with Gasteiger partial charge in [0.25, 0.3) is 0 Å². The number of carboxylic acids is 1. The van der Waals surface area contributed by atoms with Gasteiger partial charge in [-0.1, -0.05) is 23.2 Å². The number of thiophene rings is 1. The molecule has 2 aromatic rings. The topological polar surface area (TPSA) is 57.5 Å². The Bertz CT molecular complexity index is 803. The van der Waals surface area contributed by atoms with Crippen LogP contribution in [0.2, 0.25) is 10.0 Å². The van der Waals surface area contributed by atoms with Crippen LogP contribution in [0.1, 0.15) is 45.8 Å². The molecule has 3 nitrogen and oxygen atoms in total. The van der Waals surface area contributed by atoms with Crippen molar-refractivity contribution in [1.29, 1.82) is 0 Å². The number of alkyl halides is 1. The lowest BCUT2D eigenvalue weighted by molar-refractivity contribution is 0.0702. The molecule has 0 unspecified atom stereocenters. The van der Waals surface area contributed by atoms with E-state index in [1.54, 1.807) is 12.1 Å². The molecule has 0 aliphatic heterocycles. The van der Waals surface area contributed by atoms with Crippen molar-refractivity contribution in [3.8, 4) is 0 Å². The minimum absolute atomic E-state index is 0.0270. The number of benzene rings is 1. The monoisotopic (exact) mass is 460 g/mol. The number of aryl methyl sites for hydroxylation is 2. The number of rotatable bonds is 8. The zero-order chi connectivity index (χ0) is 20.3. The van der Waals surface area contributed by atoms with Crippen molar-refractivity contribution in [2.24, 2.45) is 11.8 Å². The van der Waals surface area contributed by atoms with E-state index in [0.29, 0.717) is 21.3 Å². The van der Waals surface area contributed by atoms with Crippen molar-refractivity contribution in [2.45, 2.75) is 50.0 Å². The highest BCUT2D eigenvalue weighted by atomic mass is 35.5. The van der Waals surface area contributed by atoms with Crippen molar-refractivity contribution in [2.75, 3.05) is 0 Å². The predicted octanol–water partition coefficient (Wildman–Crippen LogP) is 6.31. The normalized spacial score (nSPS) is 24.6. The van der Waals surface area contributed by atoms with E-state index in [1.165, 1.54) is 11.3 Å². The average Bonchev–Trinajstić information content (AvgIpc) is 3.18. The van der Waals surface area contributed by atoms with Gasteiger partial charge in [0.2, 0.25) is 0 Å². The minimum Gasteiger partial charge on any atom is -0.477 e. The Morgan fingerprint density at radius 2 is 1.79 bits per heavy atom. The molecule has 1 aromatic heterocycles. The van der Waals surface area contributed by atoms with Crippen LogP contribution in [0.5, 0.6) is 0 Å². The molecule has 28 heavy (non-hydrogen) atoms. The van der Waals surface area contributed by atoms with Crippen LogP contribution in [0.3, 0.4) is 0 Å². The number of halogens is 3. The summed E-state index contributed by atoms with van der Waals surface area (Å²) < 4.78 is 0. The molecule has 2 N–H and O–H groups in total. The third-order valence-corrected chi connectivity index (χ3v) is 7.57. The largest absolute Gasteiger partial charge is 0.477 e. The molecule has 1 heterocycles. The third-order valence-electron chi connectivity index (χ3n) is 5.50. The fourth-order valence-electron chi connectivity index (χ4n) is 4.16. The summed E-state index contributed by atoms with van der Waals surface area (Å²) in [7, 11) is 0. The molecule has 0 radical (unpaired) electrons. The molecule has 0 bridgehead atoms. The fourth-order valence-corrected chi connectivity index (χ4v) is 6.12. The first-order valence-corrected chi connectivity index (χ1v) is 11.4. The van der Waals surface area contributed by atoms with E-state index >= 15 is 0 Å². The first-order valence-electron chi connectivity index (χ1n) is 9.42. The number of aliphatic hydroxyl groups excluding tert-OH is 1. The standard InChI is InChI=1S/C21H23Cl3O3S/c22-13-8-12(9-14(23)10-13)4-6-17-16(18(24)11-19(17)25)3-1-2-15-5-7-20(28-15)21(26)27/h5,7-10,16-19,25H,1-4,6,11H2,(H,26,27)/t16-,17-,18+,19-/m1/s1. The van der Waals surface area contributed by atoms with E-state index < -0.39 is 5.97 Å². The van der Waals surface area contributed by atoms with Crippen LogP contribution in [0, 0.1) is 11.8 Å². The van der Waals surface area contributed by atoms with E-state index in [-0.39, 0.29) is 23.3 Å². The van der Waals surface area contributed by atoms with E-state index in [0.717, 1.165) is 42.5 Å². The van der Waals surface area contributed by atoms with Crippen LogP contribution in [0.25, 0.3) is 0 Å². The first-order chi connectivity index (χ1) is 13.3. The van der Waals surface area contributed by atoms with Gasteiger partial charge in [-0.25, -0.2) is 4.79 Å². The van der Waals surface area contributed by atoms with E-state index in [2.05, 4.69) is 0 Å². The Kier molecular flexibility index (Phi) is 7.68. The smallest absolute Gasteiger partial charge is 0.345 e. The number of hydrogen-bond donors (Lipinski definition) is 2. The highest BCUT2D eigenvalue weighted by Crippen LogP contribution is 2.42. The van der Waals surface area contributed by atoms with E-state index in [9.17, 15) is 9.90 Å². The van der Waals surface area contributed by atoms with Gasteiger partial charge in [-0.3, -0.25) is 0 Å². The van der Waals surface area contributed by atoms with Gasteiger partial charge in [0, 0.05) is 20.3 Å². The maximum absolute atomic E-state index is 11.0. The van der Waals surface area contributed by atoms with Gasteiger partial charge in [-0.15, -0.1) is 22.9 Å². The van der Waals surface area contributed by atoms with Crippen molar-refractivity contribution >= 4 is 52.1 Å². The number of hydrogen-bond acceptors (Lipinski definition) is 3. The SMILES string of the molecule is O=C(O)c1ccc(CCC[C@@H]2[C@@H](CCc3cc(Cl)cc(Cl)c3)[C@H](O)C[C@@H]2Cl)s1. The van der Waals surface area contributed by atoms with Crippen LogP contribution in [0.15, 0.2) is 30.3 Å². The van der Waals surface area contributed by atoms with Crippen molar-refractivity contribution in [1.82, 2.24) is 0 Å². The lowest BCUT2D eigenvalue weighted by Crippen LogP contribution is -2.21. The highest BCUT2D eigenvalue weighted by Gasteiger charge is 2.40. The van der Waals surface area contributed by atoms with Crippen LogP contribution in [0.4, 0.5) is 0 Å². The molecule has 3 rings (SSSR count). The summed E-state index contributed by atoms with van der Waals surface area (Å²) in [5.41, 5.74) is 1.07. The molecule has 1 aliphatic rings. The van der Waals surface area contributed by atoms with E-state index in [4.69, 9.17) is 39.9 Å². The summed E-state index contributed by atoms with van der Waals surface area (Å²) in [6.07, 6.45) is 4.57. The van der Waals surface area contributed by atoms with Crippen molar-refractivity contribution in [3.05, 3.63) is 55.7 Å². The lowest BCUT2D eigenvalue weighted by atomic mass is 9.85. The van der Waals surface area contributed by atoms with Crippen molar-refractivity contribution < 1.29 is 15.0 Å². The zero-order valence-electron chi connectivity index (χ0n) is 15.3. The number of aliphatic hydroxyl groups is 1. The maximum Gasteiger partial charge on any atom is 0.345 e. The minimum atomic E-state index is -0.878. The predicted molar refractivity (Wildman–Crippen MR) is 116 cm³/mol. The second-order valence-electron chi connectivity index (χ2n) is 7.43. The summed E-state index contributed by atoms with van der Waals surface area (Å²) >= 11 is 20.0. The van der Waals surface area contributed by atoms with Crippen LogP contribution in [-0.4, -0.2) is 27.7 Å². The maximum atomic E-state index is 11.0. The van der Waals surface area contributed by atoms with Gasteiger partial charge >= 0.3 is 5.97 Å². The second-order valence-corrected chi connectivity index (χ2v) is 10.0. The van der Waals surface area contributed by atoms with Gasteiger partial charge in [0.1, 0.15) is 4.88 Å². The molecule has 4 atom stereocenters. The van der Waals surface area contributed by atoms with E-state index in [1.807, 2.05) is 18.2 Å². The molecule has 0 saturated heterocycles. The summed E-state index contributed by atoms with van der Waals surface area (Å²) in [5.74, 6) is -0.472. The third kappa shape index (κ3) is 5.64. The van der Waals surface area contributed by atoms with Gasteiger partial charge < -0.3 is 10.2 Å². The van der Waals surface area contributed by atoms with Crippen LogP contribution < -0.4 is 0 Å². The van der Waals surface area contributed by atoms with Crippen LogP contribution in [-0.2, 0) is 12.8 Å². The molecule has 1 aromatic carbocycles. The summed E-state index contributed by atoms with van der Waals surface area (Å²) in [4.78, 5) is 12.4. The quantitative estimate of drug-likeness (QED) is 0.453. The Hall–Kier alpha value is -0.780. The average molecular weight is 462 g/mol. The summed E-state index contributed by atoms with van der Waals surface area (Å²) in [5, 5.41) is 20.7. The molecule has 7 heteroatoms. The Balaban J connectivity index is 1.56. The number of aromatic carboxylic acids is 1. The lowest BCUT2D eigenvalue weighted by Gasteiger charge is -2.23. The van der Waals surface area contributed by atoms with Crippen molar-refractivity contribution in [3.63, 3.8) is 0 Å². The van der Waals surface area contributed by atoms with Gasteiger partial charge in [0.15, 0.2) is 0 Å². The molecule has 1 fully saturated rings. The summed E-state index contributed by atoms with van der Waals surface area (Å²) in [6, 6.07) is 9.09. The molecule has 1 saturated carbocycles. The highest BCUT2D eigenvalue weighted by molar-refractivity contribution is 7.13. The van der Waals surface area contributed by atoms with Crippen LogP contribution >= 0.6 is 46.1 Å². The van der Waals surface area contributed by atoms with Gasteiger partial charge in [-0.05, 0) is 86.3 Å². The Morgan fingerprint density at radius 3 is 2.43 bits per heavy atom. The molecular formula is C21H23Cl3O3S. The molecule has 1 aliphatic carbocycles. The second kappa shape index (κ2) is 9.82. The Morgan fingerprint density at radius 1 is 1.07 bits per heavy atom. The first kappa shape index (κ1) is 21.9. The molecule has 152 valence electrons. The molecule has 0 spiro atoms. The Labute approximate surface area is 184 Å². The molecule has 0 amide bonds. The summed E-state index contributed by atoms with van der Waals surface area (Å²) in [6.45, 7) is 0. The number of carbonyl (C=O) groups is 1. The zero-order valence-corrected chi connectivity index (χ0v) is 18.4.